The number of carbonyl (C=O) groups is 2. The molecule has 1 aliphatic heterocycles. The van der Waals surface area contributed by atoms with Crippen molar-refractivity contribution in [3.8, 4) is 5.75 Å². The van der Waals surface area contributed by atoms with E-state index in [9.17, 15) is 9.59 Å². The van der Waals surface area contributed by atoms with Gasteiger partial charge < -0.3 is 9.47 Å². The second-order valence-corrected chi connectivity index (χ2v) is 6.76. The number of amides is 2. The van der Waals surface area contributed by atoms with Crippen LogP contribution in [0.5, 0.6) is 5.75 Å². The summed E-state index contributed by atoms with van der Waals surface area (Å²) in [6, 6.07) is 5.53. The molecule has 3 rings (SSSR count). The van der Waals surface area contributed by atoms with Gasteiger partial charge in [0.1, 0.15) is 5.75 Å². The van der Waals surface area contributed by atoms with Crippen molar-refractivity contribution in [1.82, 2.24) is 4.90 Å². The van der Waals surface area contributed by atoms with E-state index in [1.165, 1.54) is 17.1 Å². The van der Waals surface area contributed by atoms with Gasteiger partial charge in [0, 0.05) is 18.6 Å². The van der Waals surface area contributed by atoms with Crippen LogP contribution >= 0.6 is 0 Å². The summed E-state index contributed by atoms with van der Waals surface area (Å²) in [5.74, 6) is 0.207. The Kier molecular flexibility index (Phi) is 4.45. The predicted molar refractivity (Wildman–Crippen MR) is 89.5 cm³/mol. The lowest BCUT2D eigenvalue weighted by Crippen LogP contribution is -2.33. The average Bonchev–Trinajstić information content (AvgIpc) is 2.98. The van der Waals surface area contributed by atoms with E-state index in [1.54, 1.807) is 0 Å². The average molecular weight is 329 g/mol. The minimum Gasteiger partial charge on any atom is -0.491 e. The van der Waals surface area contributed by atoms with Gasteiger partial charge in [0.15, 0.2) is 0 Å². The van der Waals surface area contributed by atoms with Gasteiger partial charge in [0.2, 0.25) is 0 Å². The largest absolute Gasteiger partial charge is 0.491 e. The number of fused-ring (bicyclic) bond motifs is 1. The molecule has 0 saturated carbocycles. The fourth-order valence-corrected chi connectivity index (χ4v) is 3.36. The zero-order valence-corrected chi connectivity index (χ0v) is 14.5. The maximum absolute atomic E-state index is 12.1. The first kappa shape index (κ1) is 16.7. The molecule has 1 aromatic rings. The maximum atomic E-state index is 12.1. The summed E-state index contributed by atoms with van der Waals surface area (Å²) in [6.07, 6.45) is 3.23. The third kappa shape index (κ3) is 3.08. The van der Waals surface area contributed by atoms with Crippen LogP contribution in [-0.4, -0.2) is 28.9 Å². The molecule has 0 saturated heterocycles. The van der Waals surface area contributed by atoms with E-state index in [0.717, 1.165) is 16.9 Å². The number of benzene rings is 1. The van der Waals surface area contributed by atoms with Gasteiger partial charge >= 0.3 is 0 Å². The maximum Gasteiger partial charge on any atom is 0.254 e. The fourth-order valence-electron chi connectivity index (χ4n) is 3.36. The van der Waals surface area contributed by atoms with Crippen LogP contribution in [0, 0.1) is 0 Å². The van der Waals surface area contributed by atoms with Gasteiger partial charge in [-0.05, 0) is 51.0 Å². The quantitative estimate of drug-likeness (QED) is 0.778. The SMILES string of the molecule is CC(C)Oc1ccc2c(c1)[C@@H](N1C(=O)C=CC1=O)C[C@@H]2OC(C)C. The van der Waals surface area contributed by atoms with Crippen molar-refractivity contribution in [2.45, 2.75) is 58.5 Å². The van der Waals surface area contributed by atoms with Crippen molar-refractivity contribution in [3.63, 3.8) is 0 Å². The molecule has 0 spiro atoms. The molecule has 0 N–H and O–H groups in total. The first-order valence-corrected chi connectivity index (χ1v) is 8.38. The van der Waals surface area contributed by atoms with E-state index in [2.05, 4.69) is 0 Å². The molecule has 2 atom stereocenters. The minimum atomic E-state index is -0.311. The molecule has 5 heteroatoms. The predicted octanol–water partition coefficient (Wildman–Crippen LogP) is 3.31. The Morgan fingerprint density at radius 1 is 1.00 bits per heavy atom. The zero-order chi connectivity index (χ0) is 17.4. The van der Waals surface area contributed by atoms with E-state index in [1.807, 2.05) is 45.9 Å². The lowest BCUT2D eigenvalue weighted by Gasteiger charge is -2.23. The second-order valence-electron chi connectivity index (χ2n) is 6.76. The summed E-state index contributed by atoms with van der Waals surface area (Å²) in [7, 11) is 0. The third-order valence-corrected chi connectivity index (χ3v) is 4.16. The van der Waals surface area contributed by atoms with E-state index in [4.69, 9.17) is 9.47 Å². The number of nitrogens with zero attached hydrogens (tertiary/aromatic N) is 1. The van der Waals surface area contributed by atoms with Gasteiger partial charge in [0.05, 0.1) is 24.4 Å². The third-order valence-electron chi connectivity index (χ3n) is 4.16. The summed E-state index contributed by atoms with van der Waals surface area (Å²) in [5.41, 5.74) is 1.96. The molecule has 0 radical (unpaired) electrons. The van der Waals surface area contributed by atoms with Crippen LogP contribution in [0.4, 0.5) is 0 Å². The van der Waals surface area contributed by atoms with Gasteiger partial charge in [-0.2, -0.15) is 0 Å². The molecule has 0 fully saturated rings. The number of ether oxygens (including phenoxy) is 2. The molecule has 128 valence electrons. The van der Waals surface area contributed by atoms with Crippen molar-refractivity contribution in [1.29, 1.82) is 0 Å². The second kappa shape index (κ2) is 6.40. The Bertz CT molecular complexity index is 675. The van der Waals surface area contributed by atoms with Gasteiger partial charge in [0.25, 0.3) is 11.8 Å². The van der Waals surface area contributed by atoms with Crippen LogP contribution in [-0.2, 0) is 14.3 Å². The van der Waals surface area contributed by atoms with Crippen LogP contribution in [0.2, 0.25) is 0 Å². The highest BCUT2D eigenvalue weighted by molar-refractivity contribution is 6.13. The van der Waals surface area contributed by atoms with Crippen LogP contribution in [0.3, 0.4) is 0 Å². The highest BCUT2D eigenvalue weighted by Gasteiger charge is 2.41. The van der Waals surface area contributed by atoms with Crippen molar-refractivity contribution in [2.75, 3.05) is 0 Å². The molecular weight excluding hydrogens is 306 g/mol. The number of hydrogen-bond acceptors (Lipinski definition) is 4. The standard InChI is InChI=1S/C19H23NO4/c1-11(2)23-13-5-6-14-15(9-13)16(10-17(14)24-12(3)4)20-18(21)7-8-19(20)22/h5-9,11-12,16-17H,10H2,1-4H3/t16-,17-/m0/s1. The fraction of sp³-hybridized carbons (Fsp3) is 0.474. The molecule has 5 nitrogen and oxygen atoms in total. The molecule has 2 amide bonds. The van der Waals surface area contributed by atoms with Crippen molar-refractivity contribution in [3.05, 3.63) is 41.5 Å². The summed E-state index contributed by atoms with van der Waals surface area (Å²) >= 11 is 0. The zero-order valence-electron chi connectivity index (χ0n) is 14.5. The van der Waals surface area contributed by atoms with Gasteiger partial charge in [-0.1, -0.05) is 6.07 Å². The highest BCUT2D eigenvalue weighted by Crippen LogP contribution is 2.46. The van der Waals surface area contributed by atoms with E-state index >= 15 is 0 Å². The Hall–Kier alpha value is -2.14. The smallest absolute Gasteiger partial charge is 0.254 e. The van der Waals surface area contributed by atoms with Crippen LogP contribution in [0.15, 0.2) is 30.4 Å². The Balaban J connectivity index is 1.97. The number of carbonyl (C=O) groups excluding carboxylic acids is 2. The van der Waals surface area contributed by atoms with Gasteiger partial charge in [-0.15, -0.1) is 0 Å². The Labute approximate surface area is 142 Å². The number of imide groups is 1. The Morgan fingerprint density at radius 2 is 1.67 bits per heavy atom. The van der Waals surface area contributed by atoms with Crippen molar-refractivity contribution in [2.24, 2.45) is 0 Å². The van der Waals surface area contributed by atoms with Crippen LogP contribution in [0.1, 0.15) is 57.4 Å². The van der Waals surface area contributed by atoms with E-state index in [-0.39, 0.29) is 36.2 Å². The first-order chi connectivity index (χ1) is 11.4. The van der Waals surface area contributed by atoms with E-state index < -0.39 is 0 Å². The Morgan fingerprint density at radius 3 is 2.25 bits per heavy atom. The molecule has 1 heterocycles. The van der Waals surface area contributed by atoms with E-state index in [0.29, 0.717) is 6.42 Å². The molecule has 0 bridgehead atoms. The van der Waals surface area contributed by atoms with Crippen molar-refractivity contribution < 1.29 is 19.1 Å². The summed E-state index contributed by atoms with van der Waals surface area (Å²) in [5, 5.41) is 0. The molecule has 0 aromatic heterocycles. The first-order valence-electron chi connectivity index (χ1n) is 8.38. The topological polar surface area (TPSA) is 55.8 Å². The summed E-state index contributed by atoms with van der Waals surface area (Å²) in [4.78, 5) is 25.6. The van der Waals surface area contributed by atoms with Crippen LogP contribution < -0.4 is 4.74 Å². The molecule has 2 aliphatic rings. The van der Waals surface area contributed by atoms with Crippen LogP contribution in [0.25, 0.3) is 0 Å². The molecule has 24 heavy (non-hydrogen) atoms. The normalized spacial score (nSPS) is 22.8. The monoisotopic (exact) mass is 329 g/mol. The molecule has 1 aromatic carbocycles. The molecule has 0 unspecified atom stereocenters. The molecular formula is C19H23NO4. The summed E-state index contributed by atoms with van der Waals surface area (Å²) in [6.45, 7) is 7.90. The minimum absolute atomic E-state index is 0.0577. The van der Waals surface area contributed by atoms with Gasteiger partial charge in [-0.3, -0.25) is 14.5 Å². The van der Waals surface area contributed by atoms with Crippen molar-refractivity contribution >= 4 is 11.8 Å². The summed E-state index contributed by atoms with van der Waals surface area (Å²) < 4.78 is 11.8. The molecule has 1 aliphatic carbocycles. The number of hydrogen-bond donors (Lipinski definition) is 0. The number of rotatable bonds is 5. The lowest BCUT2D eigenvalue weighted by molar-refractivity contribution is -0.140. The van der Waals surface area contributed by atoms with Gasteiger partial charge in [-0.25, -0.2) is 0 Å². The highest BCUT2D eigenvalue weighted by atomic mass is 16.5. The lowest BCUT2D eigenvalue weighted by atomic mass is 10.1.